The Hall–Kier alpha value is -1.35. The lowest BCUT2D eigenvalue weighted by Crippen LogP contribution is -2.38. The van der Waals surface area contributed by atoms with Crippen LogP contribution in [0.3, 0.4) is 0 Å². The summed E-state index contributed by atoms with van der Waals surface area (Å²) in [6.07, 6.45) is 0.968. The molecule has 3 heteroatoms. The zero-order valence-electron chi connectivity index (χ0n) is 10.2. The van der Waals surface area contributed by atoms with E-state index < -0.39 is 6.04 Å². The second-order valence-electron chi connectivity index (χ2n) is 4.23. The first kappa shape index (κ1) is 12.7. The third kappa shape index (κ3) is 3.35. The molecule has 3 nitrogen and oxygen atoms in total. The average Bonchev–Trinajstić information content (AvgIpc) is 2.25. The normalized spacial score (nSPS) is 14.4. The topological polar surface area (TPSA) is 55.1 Å². The number of primary amides is 1. The molecule has 0 bridgehead atoms. The highest BCUT2D eigenvalue weighted by atomic mass is 16.1. The Morgan fingerprint density at radius 3 is 2.69 bits per heavy atom. The number of carbonyl (C=O) groups is 1. The van der Waals surface area contributed by atoms with Crippen molar-refractivity contribution in [3.63, 3.8) is 0 Å². The van der Waals surface area contributed by atoms with Gasteiger partial charge in [-0.2, -0.15) is 0 Å². The maximum atomic E-state index is 11.4. The molecule has 1 aromatic rings. The van der Waals surface area contributed by atoms with Gasteiger partial charge in [0.2, 0.25) is 5.91 Å². The van der Waals surface area contributed by atoms with Gasteiger partial charge in [0.25, 0.3) is 0 Å². The van der Waals surface area contributed by atoms with Gasteiger partial charge in [-0.15, -0.1) is 0 Å². The Bertz CT molecular complexity index is 363. The molecule has 0 aliphatic rings. The van der Waals surface area contributed by atoms with Crippen molar-refractivity contribution in [3.05, 3.63) is 35.4 Å². The van der Waals surface area contributed by atoms with Gasteiger partial charge in [0.15, 0.2) is 0 Å². The molecule has 0 radical (unpaired) electrons. The highest BCUT2D eigenvalue weighted by molar-refractivity contribution is 5.81. The van der Waals surface area contributed by atoms with E-state index >= 15 is 0 Å². The number of benzene rings is 1. The molecule has 16 heavy (non-hydrogen) atoms. The molecule has 0 aliphatic heterocycles. The van der Waals surface area contributed by atoms with E-state index in [0.717, 1.165) is 17.5 Å². The van der Waals surface area contributed by atoms with Gasteiger partial charge in [-0.25, -0.2) is 0 Å². The van der Waals surface area contributed by atoms with E-state index in [9.17, 15) is 4.79 Å². The number of carbonyl (C=O) groups excluding carboxylic acids is 1. The fourth-order valence-electron chi connectivity index (χ4n) is 1.59. The van der Waals surface area contributed by atoms with Crippen LogP contribution >= 0.6 is 0 Å². The molecule has 1 rings (SSSR count). The molecule has 0 aliphatic carbocycles. The number of aryl methyl sites for hydroxylation is 1. The molecule has 0 spiro atoms. The van der Waals surface area contributed by atoms with Crippen LogP contribution in [-0.2, 0) is 4.79 Å². The number of nitrogens with one attached hydrogen (secondary N) is 1. The summed E-state index contributed by atoms with van der Waals surface area (Å²) < 4.78 is 0. The lowest BCUT2D eigenvalue weighted by molar-refractivity contribution is -0.120. The van der Waals surface area contributed by atoms with Crippen LogP contribution in [0, 0.1) is 6.92 Å². The van der Waals surface area contributed by atoms with Crippen LogP contribution < -0.4 is 11.1 Å². The van der Waals surface area contributed by atoms with E-state index in [4.69, 9.17) is 5.73 Å². The Morgan fingerprint density at radius 2 is 2.19 bits per heavy atom. The quantitative estimate of drug-likeness (QED) is 0.796. The van der Waals surface area contributed by atoms with E-state index in [1.54, 1.807) is 0 Å². The second kappa shape index (κ2) is 5.66. The average molecular weight is 220 g/mol. The molecule has 2 unspecified atom stereocenters. The summed E-state index contributed by atoms with van der Waals surface area (Å²) in [5.41, 5.74) is 7.49. The van der Waals surface area contributed by atoms with Gasteiger partial charge in [0.05, 0.1) is 0 Å². The second-order valence-corrected chi connectivity index (χ2v) is 4.23. The maximum Gasteiger partial charge on any atom is 0.239 e. The van der Waals surface area contributed by atoms with E-state index in [2.05, 4.69) is 12.2 Å². The minimum atomic E-state index is -0.394. The minimum Gasteiger partial charge on any atom is -0.368 e. The van der Waals surface area contributed by atoms with Crippen LogP contribution in [0.1, 0.15) is 37.4 Å². The fraction of sp³-hybridized carbons (Fsp3) is 0.462. The van der Waals surface area contributed by atoms with Crippen molar-refractivity contribution < 1.29 is 4.79 Å². The van der Waals surface area contributed by atoms with Crippen LogP contribution in [0.5, 0.6) is 0 Å². The van der Waals surface area contributed by atoms with Gasteiger partial charge >= 0.3 is 0 Å². The van der Waals surface area contributed by atoms with E-state index in [1.165, 1.54) is 0 Å². The highest BCUT2D eigenvalue weighted by Crippen LogP contribution is 2.15. The van der Waals surface area contributed by atoms with Crippen molar-refractivity contribution in [1.82, 2.24) is 5.32 Å². The molecule has 0 saturated heterocycles. The summed E-state index contributed by atoms with van der Waals surface area (Å²) in [5, 5.41) is 3.24. The van der Waals surface area contributed by atoms with Gasteiger partial charge in [-0.3, -0.25) is 10.1 Å². The molecule has 3 N–H and O–H groups in total. The molecule has 0 heterocycles. The van der Waals surface area contributed by atoms with Gasteiger partial charge < -0.3 is 5.73 Å². The number of rotatable bonds is 5. The maximum absolute atomic E-state index is 11.4. The summed E-state index contributed by atoms with van der Waals surface area (Å²) in [5.74, 6) is -0.328. The van der Waals surface area contributed by atoms with Crippen LogP contribution in [0.2, 0.25) is 0 Å². The molecule has 2 atom stereocenters. The predicted molar refractivity (Wildman–Crippen MR) is 66.0 cm³/mol. The van der Waals surface area contributed by atoms with Crippen LogP contribution in [0.4, 0.5) is 0 Å². The molecule has 88 valence electrons. The summed E-state index contributed by atoms with van der Waals surface area (Å²) >= 11 is 0. The fourth-order valence-corrected chi connectivity index (χ4v) is 1.59. The Morgan fingerprint density at radius 1 is 1.50 bits per heavy atom. The van der Waals surface area contributed by atoms with Crippen LogP contribution in [-0.4, -0.2) is 11.9 Å². The lowest BCUT2D eigenvalue weighted by atomic mass is 10.0. The molecule has 0 aromatic heterocycles. The number of hydrogen-bond acceptors (Lipinski definition) is 2. The monoisotopic (exact) mass is 220 g/mol. The largest absolute Gasteiger partial charge is 0.368 e. The number of nitrogens with two attached hydrogens (primary N) is 1. The van der Waals surface area contributed by atoms with Crippen molar-refractivity contribution in [2.24, 2.45) is 5.73 Å². The van der Waals surface area contributed by atoms with Crippen molar-refractivity contribution in [2.75, 3.05) is 0 Å². The smallest absolute Gasteiger partial charge is 0.239 e. The van der Waals surface area contributed by atoms with Crippen molar-refractivity contribution in [2.45, 2.75) is 39.3 Å². The number of amides is 1. The zero-order chi connectivity index (χ0) is 12.1. The number of hydrogen-bond donors (Lipinski definition) is 2. The summed E-state index contributed by atoms with van der Waals surface area (Å²) in [6, 6.07) is 7.75. The van der Waals surface area contributed by atoms with E-state index in [0.29, 0.717) is 0 Å². The standard InChI is InChI=1S/C13H20N2O/c1-4-10(3)15-12(13(14)16)11-7-5-6-9(2)8-11/h5-8,10,12,15H,4H2,1-3H3,(H2,14,16). The Kier molecular flexibility index (Phi) is 4.50. The molecular formula is C13H20N2O. The predicted octanol–water partition coefficient (Wildman–Crippen LogP) is 1.91. The highest BCUT2D eigenvalue weighted by Gasteiger charge is 2.18. The Balaban J connectivity index is 2.89. The third-order valence-electron chi connectivity index (χ3n) is 2.72. The first-order valence-corrected chi connectivity index (χ1v) is 5.66. The molecule has 0 saturated carbocycles. The van der Waals surface area contributed by atoms with Gasteiger partial charge in [0, 0.05) is 6.04 Å². The molecular weight excluding hydrogens is 200 g/mol. The third-order valence-corrected chi connectivity index (χ3v) is 2.72. The molecule has 0 fully saturated rings. The lowest BCUT2D eigenvalue weighted by Gasteiger charge is -2.20. The minimum absolute atomic E-state index is 0.276. The van der Waals surface area contributed by atoms with E-state index in [-0.39, 0.29) is 11.9 Å². The summed E-state index contributed by atoms with van der Waals surface area (Å²) in [6.45, 7) is 6.13. The SMILES string of the molecule is CCC(C)NC(C(N)=O)c1cccc(C)c1. The first-order valence-electron chi connectivity index (χ1n) is 5.66. The zero-order valence-corrected chi connectivity index (χ0v) is 10.2. The summed E-state index contributed by atoms with van der Waals surface area (Å²) in [4.78, 5) is 11.4. The summed E-state index contributed by atoms with van der Waals surface area (Å²) in [7, 11) is 0. The molecule has 1 aromatic carbocycles. The molecule has 1 amide bonds. The van der Waals surface area contributed by atoms with Gasteiger partial charge in [0.1, 0.15) is 6.04 Å². The first-order chi connectivity index (χ1) is 7.54. The van der Waals surface area contributed by atoms with Gasteiger partial charge in [-0.1, -0.05) is 36.8 Å². The van der Waals surface area contributed by atoms with Gasteiger partial charge in [-0.05, 0) is 25.8 Å². The van der Waals surface area contributed by atoms with Crippen LogP contribution in [0.15, 0.2) is 24.3 Å². The van der Waals surface area contributed by atoms with Crippen molar-refractivity contribution in [1.29, 1.82) is 0 Å². The van der Waals surface area contributed by atoms with Crippen molar-refractivity contribution >= 4 is 5.91 Å². The van der Waals surface area contributed by atoms with Crippen molar-refractivity contribution in [3.8, 4) is 0 Å². The van der Waals surface area contributed by atoms with E-state index in [1.807, 2.05) is 38.1 Å². The Labute approximate surface area is 97.0 Å². The van der Waals surface area contributed by atoms with Crippen LogP contribution in [0.25, 0.3) is 0 Å².